The molecule has 1 aliphatic heterocycles. The summed E-state index contributed by atoms with van der Waals surface area (Å²) in [7, 11) is 0. The molecule has 2 rings (SSSR count). The van der Waals surface area contributed by atoms with Gasteiger partial charge in [-0.15, -0.1) is 0 Å². The molecule has 0 aromatic heterocycles. The number of β-amino-alcohol motifs (C(OH)–C–C–N with tert-alkyl or cyclic N) is 1. The van der Waals surface area contributed by atoms with Gasteiger partial charge in [-0.05, 0) is 31.2 Å². The van der Waals surface area contributed by atoms with Gasteiger partial charge in [-0.2, -0.15) is 0 Å². The Balaban J connectivity index is 2.07. The fourth-order valence-electron chi connectivity index (χ4n) is 2.39. The number of hydrogen-bond donors (Lipinski definition) is 2. The molecule has 20 heavy (non-hydrogen) atoms. The van der Waals surface area contributed by atoms with Crippen molar-refractivity contribution in [2.45, 2.75) is 6.42 Å². The molecular weight excluding hydrogens is 280 g/mol. The molecule has 0 unspecified atom stereocenters. The number of amides is 1. The van der Waals surface area contributed by atoms with Gasteiger partial charge in [0, 0.05) is 26.2 Å². The number of phenols is 1. The fraction of sp³-hybridized carbons (Fsp3) is 0.500. The molecule has 0 radical (unpaired) electrons. The van der Waals surface area contributed by atoms with Gasteiger partial charge in [-0.1, -0.05) is 11.6 Å². The number of rotatable bonds is 3. The molecule has 1 aromatic carbocycles. The van der Waals surface area contributed by atoms with Gasteiger partial charge in [0.2, 0.25) is 0 Å². The highest BCUT2D eigenvalue weighted by atomic mass is 35.5. The third kappa shape index (κ3) is 3.62. The Bertz CT molecular complexity index is 481. The van der Waals surface area contributed by atoms with Crippen molar-refractivity contribution in [2.75, 3.05) is 39.3 Å². The number of carbonyl (C=O) groups excluding carboxylic acids is 1. The van der Waals surface area contributed by atoms with Crippen LogP contribution in [-0.2, 0) is 0 Å². The molecule has 1 aliphatic rings. The van der Waals surface area contributed by atoms with E-state index in [1.807, 2.05) is 0 Å². The predicted molar refractivity (Wildman–Crippen MR) is 77.2 cm³/mol. The number of halogens is 1. The summed E-state index contributed by atoms with van der Waals surface area (Å²) in [4.78, 5) is 16.3. The Morgan fingerprint density at radius 3 is 2.80 bits per heavy atom. The lowest BCUT2D eigenvalue weighted by molar-refractivity contribution is 0.0760. The van der Waals surface area contributed by atoms with E-state index in [9.17, 15) is 9.90 Å². The van der Waals surface area contributed by atoms with Crippen LogP contribution in [0.2, 0.25) is 5.02 Å². The first-order valence-corrected chi connectivity index (χ1v) is 7.10. The molecule has 2 N–H and O–H groups in total. The van der Waals surface area contributed by atoms with E-state index in [2.05, 4.69) is 4.90 Å². The minimum Gasteiger partial charge on any atom is -0.508 e. The molecule has 1 amide bonds. The molecule has 0 saturated carbocycles. The number of nitrogens with zero attached hydrogens (tertiary/aromatic N) is 2. The van der Waals surface area contributed by atoms with Crippen LogP contribution in [-0.4, -0.2) is 65.3 Å². The summed E-state index contributed by atoms with van der Waals surface area (Å²) in [5.74, 6) is -0.119. The maximum absolute atomic E-state index is 12.5. The van der Waals surface area contributed by atoms with E-state index in [1.54, 1.807) is 4.90 Å². The lowest BCUT2D eigenvalue weighted by Crippen LogP contribution is -2.36. The highest BCUT2D eigenvalue weighted by molar-refractivity contribution is 6.33. The van der Waals surface area contributed by atoms with Crippen molar-refractivity contribution < 1.29 is 15.0 Å². The lowest BCUT2D eigenvalue weighted by Gasteiger charge is -2.22. The molecule has 1 saturated heterocycles. The smallest absolute Gasteiger partial charge is 0.255 e. The first-order valence-electron chi connectivity index (χ1n) is 6.73. The van der Waals surface area contributed by atoms with Gasteiger partial charge in [0.1, 0.15) is 5.75 Å². The average Bonchev–Trinajstić information content (AvgIpc) is 2.67. The summed E-state index contributed by atoms with van der Waals surface area (Å²) >= 11 is 6.03. The normalized spacial score (nSPS) is 17.0. The SMILES string of the molecule is O=C(c1cc(O)ccc1Cl)N1CCCN(CCO)CC1. The average molecular weight is 299 g/mol. The molecule has 6 heteroatoms. The third-order valence-corrected chi connectivity index (χ3v) is 3.80. The topological polar surface area (TPSA) is 64.0 Å². The van der Waals surface area contributed by atoms with Crippen LogP contribution in [0.4, 0.5) is 0 Å². The first kappa shape index (κ1) is 15.1. The van der Waals surface area contributed by atoms with Crippen LogP contribution in [0.25, 0.3) is 0 Å². The third-order valence-electron chi connectivity index (χ3n) is 3.47. The minimum absolute atomic E-state index is 0.0366. The van der Waals surface area contributed by atoms with Crippen LogP contribution in [0.15, 0.2) is 18.2 Å². The Hall–Kier alpha value is -1.30. The summed E-state index contributed by atoms with van der Waals surface area (Å²) < 4.78 is 0. The Labute approximate surface area is 123 Å². The Kier molecular flexibility index (Phi) is 5.23. The molecule has 1 fully saturated rings. The predicted octanol–water partition coefficient (Wildman–Crippen LogP) is 1.19. The highest BCUT2D eigenvalue weighted by Gasteiger charge is 2.22. The summed E-state index contributed by atoms with van der Waals surface area (Å²) in [5, 5.41) is 18.8. The van der Waals surface area contributed by atoms with Gasteiger partial charge in [0.05, 0.1) is 17.2 Å². The van der Waals surface area contributed by atoms with Gasteiger partial charge in [0.25, 0.3) is 5.91 Å². The summed E-state index contributed by atoms with van der Waals surface area (Å²) in [6.07, 6.45) is 0.863. The van der Waals surface area contributed by atoms with Crippen LogP contribution in [0.5, 0.6) is 5.75 Å². The molecule has 1 heterocycles. The molecular formula is C14H19ClN2O3. The molecule has 0 spiro atoms. The van der Waals surface area contributed by atoms with Crippen molar-refractivity contribution in [1.82, 2.24) is 9.80 Å². The number of benzene rings is 1. The summed E-state index contributed by atoms with van der Waals surface area (Å²) in [5.41, 5.74) is 0.335. The Morgan fingerprint density at radius 1 is 1.25 bits per heavy atom. The zero-order valence-electron chi connectivity index (χ0n) is 11.3. The fourth-order valence-corrected chi connectivity index (χ4v) is 2.58. The van der Waals surface area contributed by atoms with Crippen LogP contribution in [0.1, 0.15) is 16.8 Å². The number of aromatic hydroxyl groups is 1. The molecule has 110 valence electrons. The molecule has 0 atom stereocenters. The standard InChI is InChI=1S/C14H19ClN2O3/c15-13-3-2-11(19)10-12(13)14(20)17-5-1-4-16(6-7-17)8-9-18/h2-3,10,18-19H,1,4-9H2. The monoisotopic (exact) mass is 298 g/mol. The van der Waals surface area contributed by atoms with Gasteiger partial charge >= 0.3 is 0 Å². The van der Waals surface area contributed by atoms with Gasteiger partial charge < -0.3 is 15.1 Å². The zero-order chi connectivity index (χ0) is 14.5. The first-order chi connectivity index (χ1) is 9.61. The number of aliphatic hydroxyl groups is 1. The number of hydrogen-bond acceptors (Lipinski definition) is 4. The second-order valence-electron chi connectivity index (χ2n) is 4.88. The van der Waals surface area contributed by atoms with Gasteiger partial charge in [-0.3, -0.25) is 9.69 Å². The molecule has 0 aliphatic carbocycles. The van der Waals surface area contributed by atoms with Crippen molar-refractivity contribution in [3.63, 3.8) is 0 Å². The van der Waals surface area contributed by atoms with E-state index in [0.717, 1.165) is 19.5 Å². The van der Waals surface area contributed by atoms with Crippen molar-refractivity contribution in [2.24, 2.45) is 0 Å². The highest BCUT2D eigenvalue weighted by Crippen LogP contribution is 2.23. The molecule has 0 bridgehead atoms. The van der Waals surface area contributed by atoms with E-state index < -0.39 is 0 Å². The van der Waals surface area contributed by atoms with Gasteiger partial charge in [-0.25, -0.2) is 0 Å². The van der Waals surface area contributed by atoms with Gasteiger partial charge in [0.15, 0.2) is 0 Å². The summed E-state index contributed by atoms with van der Waals surface area (Å²) in [6.45, 7) is 3.64. The second kappa shape index (κ2) is 6.92. The number of phenolic OH excluding ortho intramolecular Hbond substituents is 1. The van der Waals surface area contributed by atoms with Crippen molar-refractivity contribution >= 4 is 17.5 Å². The van der Waals surface area contributed by atoms with Crippen LogP contribution in [0, 0.1) is 0 Å². The minimum atomic E-state index is -0.156. The lowest BCUT2D eigenvalue weighted by atomic mass is 10.2. The largest absolute Gasteiger partial charge is 0.508 e. The van der Waals surface area contributed by atoms with E-state index in [1.165, 1.54) is 18.2 Å². The molecule has 5 nitrogen and oxygen atoms in total. The maximum atomic E-state index is 12.5. The Morgan fingerprint density at radius 2 is 2.05 bits per heavy atom. The van der Waals surface area contributed by atoms with Crippen molar-refractivity contribution in [3.05, 3.63) is 28.8 Å². The van der Waals surface area contributed by atoms with Crippen LogP contribution >= 0.6 is 11.6 Å². The van der Waals surface area contributed by atoms with E-state index in [4.69, 9.17) is 16.7 Å². The van der Waals surface area contributed by atoms with Crippen molar-refractivity contribution in [1.29, 1.82) is 0 Å². The zero-order valence-corrected chi connectivity index (χ0v) is 12.0. The maximum Gasteiger partial charge on any atom is 0.255 e. The second-order valence-corrected chi connectivity index (χ2v) is 5.28. The van der Waals surface area contributed by atoms with Crippen LogP contribution < -0.4 is 0 Å². The van der Waals surface area contributed by atoms with E-state index in [-0.39, 0.29) is 18.3 Å². The summed E-state index contributed by atoms with van der Waals surface area (Å²) in [6, 6.07) is 4.39. The number of carbonyl (C=O) groups is 1. The van der Waals surface area contributed by atoms with Crippen molar-refractivity contribution in [3.8, 4) is 5.75 Å². The molecule has 1 aromatic rings. The van der Waals surface area contributed by atoms with E-state index >= 15 is 0 Å². The number of aliphatic hydroxyl groups excluding tert-OH is 1. The van der Waals surface area contributed by atoms with Crippen LogP contribution in [0.3, 0.4) is 0 Å². The quantitative estimate of drug-likeness (QED) is 0.880. The van der Waals surface area contributed by atoms with E-state index in [0.29, 0.717) is 30.2 Å².